The van der Waals surface area contributed by atoms with Gasteiger partial charge in [-0.2, -0.15) is 5.10 Å². The van der Waals surface area contributed by atoms with Crippen molar-refractivity contribution < 1.29 is 5.11 Å². The van der Waals surface area contributed by atoms with Gasteiger partial charge < -0.3 is 5.11 Å². The highest BCUT2D eigenvalue weighted by Gasteiger charge is 2.41. The molecule has 0 spiro atoms. The fourth-order valence-corrected chi connectivity index (χ4v) is 1.45. The monoisotopic (exact) mass is 166 g/mol. The highest BCUT2D eigenvalue weighted by molar-refractivity contribution is 4.92. The molecule has 0 aliphatic heterocycles. The van der Waals surface area contributed by atoms with Crippen molar-refractivity contribution >= 4 is 0 Å². The van der Waals surface area contributed by atoms with E-state index in [1.54, 1.807) is 6.20 Å². The summed E-state index contributed by atoms with van der Waals surface area (Å²) in [5, 5.41) is 13.2. The number of aliphatic hydroxyl groups is 1. The Morgan fingerprint density at radius 2 is 2.33 bits per heavy atom. The molecule has 0 amide bonds. The van der Waals surface area contributed by atoms with Crippen LogP contribution < -0.4 is 0 Å². The van der Waals surface area contributed by atoms with Gasteiger partial charge in [0, 0.05) is 25.5 Å². The van der Waals surface area contributed by atoms with Crippen LogP contribution in [0.15, 0.2) is 18.5 Å². The van der Waals surface area contributed by atoms with Gasteiger partial charge in [0.25, 0.3) is 0 Å². The minimum absolute atomic E-state index is 0.256. The minimum Gasteiger partial charge on any atom is -0.396 e. The van der Waals surface area contributed by atoms with Crippen molar-refractivity contribution in [2.45, 2.75) is 25.8 Å². The van der Waals surface area contributed by atoms with Crippen LogP contribution in [0.5, 0.6) is 0 Å². The summed E-state index contributed by atoms with van der Waals surface area (Å²) in [6.07, 6.45) is 7.19. The number of rotatable bonds is 4. The predicted molar refractivity (Wildman–Crippen MR) is 45.6 cm³/mol. The molecule has 12 heavy (non-hydrogen) atoms. The fourth-order valence-electron chi connectivity index (χ4n) is 1.45. The summed E-state index contributed by atoms with van der Waals surface area (Å²) in [6, 6.07) is 1.93. The molecule has 0 radical (unpaired) electrons. The molecule has 1 aromatic rings. The maximum atomic E-state index is 9.06. The molecule has 1 heterocycles. The minimum atomic E-state index is 0.256. The molecule has 0 atom stereocenters. The molecule has 0 bridgehead atoms. The highest BCUT2D eigenvalue weighted by Crippen LogP contribution is 2.48. The zero-order chi connectivity index (χ0) is 8.44. The summed E-state index contributed by atoms with van der Waals surface area (Å²) in [5.41, 5.74) is 0.256. The predicted octanol–water partition coefficient (Wildman–Crippen LogP) is 1.05. The smallest absolute Gasteiger partial charge is 0.0489 e. The Hall–Kier alpha value is -0.830. The molecule has 1 aliphatic carbocycles. The highest BCUT2D eigenvalue weighted by atomic mass is 16.3. The van der Waals surface area contributed by atoms with Crippen LogP contribution in [0.25, 0.3) is 0 Å². The molecule has 3 nitrogen and oxygen atoms in total. The summed E-state index contributed by atoms with van der Waals surface area (Å²) in [7, 11) is 0. The van der Waals surface area contributed by atoms with E-state index in [0.29, 0.717) is 6.61 Å². The molecule has 1 saturated carbocycles. The normalized spacial score (nSPS) is 19.4. The van der Waals surface area contributed by atoms with Crippen molar-refractivity contribution in [3.63, 3.8) is 0 Å². The third kappa shape index (κ3) is 1.50. The molecule has 0 aromatic carbocycles. The van der Waals surface area contributed by atoms with E-state index in [9.17, 15) is 0 Å². The van der Waals surface area contributed by atoms with Crippen molar-refractivity contribution in [1.82, 2.24) is 9.78 Å². The second kappa shape index (κ2) is 2.90. The molecule has 0 unspecified atom stereocenters. The van der Waals surface area contributed by atoms with Crippen LogP contribution in [-0.2, 0) is 6.54 Å². The van der Waals surface area contributed by atoms with Gasteiger partial charge in [0.2, 0.25) is 0 Å². The average molecular weight is 166 g/mol. The van der Waals surface area contributed by atoms with Crippen LogP contribution in [0.1, 0.15) is 19.3 Å². The Bertz CT molecular complexity index is 239. The van der Waals surface area contributed by atoms with E-state index in [-0.39, 0.29) is 5.41 Å². The number of hydrogen-bond donors (Lipinski definition) is 1. The molecule has 1 aromatic heterocycles. The summed E-state index contributed by atoms with van der Waals surface area (Å²) in [6.45, 7) is 1.28. The maximum absolute atomic E-state index is 9.06. The molecule has 1 N–H and O–H groups in total. The number of hydrogen-bond acceptors (Lipinski definition) is 2. The first-order chi connectivity index (χ1) is 5.85. The Labute approximate surface area is 72.0 Å². The van der Waals surface area contributed by atoms with Crippen LogP contribution in [0.2, 0.25) is 0 Å². The first kappa shape index (κ1) is 7.80. The van der Waals surface area contributed by atoms with Crippen LogP contribution in [0, 0.1) is 5.41 Å². The van der Waals surface area contributed by atoms with Crippen molar-refractivity contribution in [3.8, 4) is 0 Å². The van der Waals surface area contributed by atoms with Gasteiger partial charge in [0.05, 0.1) is 0 Å². The molecule has 2 rings (SSSR count). The third-order valence-corrected chi connectivity index (χ3v) is 2.72. The quantitative estimate of drug-likeness (QED) is 0.726. The maximum Gasteiger partial charge on any atom is 0.0489 e. The summed E-state index contributed by atoms with van der Waals surface area (Å²) in [4.78, 5) is 0. The molecule has 0 saturated heterocycles. The number of aryl methyl sites for hydroxylation is 1. The number of aliphatic hydroxyl groups excluding tert-OH is 1. The van der Waals surface area contributed by atoms with Crippen molar-refractivity contribution in [1.29, 1.82) is 0 Å². The average Bonchev–Trinajstić information content (AvgIpc) is 2.70. The fraction of sp³-hybridized carbons (Fsp3) is 0.667. The van der Waals surface area contributed by atoms with Gasteiger partial charge in [-0.1, -0.05) is 0 Å². The van der Waals surface area contributed by atoms with E-state index < -0.39 is 0 Å². The van der Waals surface area contributed by atoms with Gasteiger partial charge in [-0.05, 0) is 30.7 Å². The van der Waals surface area contributed by atoms with Crippen LogP contribution >= 0.6 is 0 Å². The zero-order valence-corrected chi connectivity index (χ0v) is 7.11. The lowest BCUT2D eigenvalue weighted by Crippen LogP contribution is -2.11. The van der Waals surface area contributed by atoms with Gasteiger partial charge in [-0.25, -0.2) is 0 Å². The van der Waals surface area contributed by atoms with Crippen molar-refractivity contribution in [3.05, 3.63) is 18.5 Å². The summed E-state index contributed by atoms with van der Waals surface area (Å²) < 4.78 is 1.93. The topological polar surface area (TPSA) is 38.0 Å². The van der Waals surface area contributed by atoms with E-state index >= 15 is 0 Å². The molecule has 1 aliphatic rings. The first-order valence-electron chi connectivity index (χ1n) is 4.43. The Morgan fingerprint density at radius 1 is 1.50 bits per heavy atom. The number of nitrogens with zero attached hydrogens (tertiary/aromatic N) is 2. The largest absolute Gasteiger partial charge is 0.396 e. The zero-order valence-electron chi connectivity index (χ0n) is 7.11. The second-order valence-corrected chi connectivity index (χ2v) is 3.68. The SMILES string of the molecule is OCC1(CCn2cccn2)CC1. The van der Waals surface area contributed by atoms with E-state index in [1.807, 2.05) is 16.9 Å². The van der Waals surface area contributed by atoms with Crippen molar-refractivity contribution in [2.75, 3.05) is 6.61 Å². The molecule has 66 valence electrons. The van der Waals surface area contributed by atoms with Gasteiger partial charge in [0.1, 0.15) is 0 Å². The van der Waals surface area contributed by atoms with E-state index in [1.165, 1.54) is 12.8 Å². The van der Waals surface area contributed by atoms with Crippen LogP contribution in [-0.4, -0.2) is 21.5 Å². The van der Waals surface area contributed by atoms with Crippen LogP contribution in [0.3, 0.4) is 0 Å². The lowest BCUT2D eigenvalue weighted by Gasteiger charge is -2.10. The molecule has 3 heteroatoms. The Kier molecular flexibility index (Phi) is 1.89. The molecule has 1 fully saturated rings. The van der Waals surface area contributed by atoms with Gasteiger partial charge >= 0.3 is 0 Å². The molecular weight excluding hydrogens is 152 g/mol. The Morgan fingerprint density at radius 3 is 2.83 bits per heavy atom. The van der Waals surface area contributed by atoms with E-state index in [0.717, 1.165) is 13.0 Å². The third-order valence-electron chi connectivity index (χ3n) is 2.72. The van der Waals surface area contributed by atoms with Gasteiger partial charge in [-0.3, -0.25) is 4.68 Å². The van der Waals surface area contributed by atoms with Crippen LogP contribution in [0.4, 0.5) is 0 Å². The Balaban J connectivity index is 1.83. The second-order valence-electron chi connectivity index (χ2n) is 3.68. The number of aromatic nitrogens is 2. The van der Waals surface area contributed by atoms with E-state index in [4.69, 9.17) is 5.11 Å². The van der Waals surface area contributed by atoms with E-state index in [2.05, 4.69) is 5.10 Å². The molecular formula is C9H14N2O. The summed E-state index contributed by atoms with van der Waals surface area (Å²) in [5.74, 6) is 0. The first-order valence-corrected chi connectivity index (χ1v) is 4.43. The lowest BCUT2D eigenvalue weighted by atomic mass is 10.0. The van der Waals surface area contributed by atoms with Crippen molar-refractivity contribution in [2.24, 2.45) is 5.41 Å². The lowest BCUT2D eigenvalue weighted by molar-refractivity contribution is 0.196. The standard InChI is InChI=1S/C9H14N2O/c12-8-9(2-3-9)4-7-11-6-1-5-10-11/h1,5-6,12H,2-4,7-8H2. The van der Waals surface area contributed by atoms with Gasteiger partial charge in [0.15, 0.2) is 0 Å². The summed E-state index contributed by atoms with van der Waals surface area (Å²) >= 11 is 0. The van der Waals surface area contributed by atoms with Gasteiger partial charge in [-0.15, -0.1) is 0 Å².